The Balaban J connectivity index is 2.61. The van der Waals surface area contributed by atoms with Crippen molar-refractivity contribution in [2.75, 3.05) is 6.61 Å². The van der Waals surface area contributed by atoms with E-state index in [9.17, 15) is 4.79 Å². The molecule has 0 bridgehead atoms. The quantitative estimate of drug-likeness (QED) is 0.792. The molecule has 0 aliphatic carbocycles. The zero-order chi connectivity index (χ0) is 12.8. The minimum Gasteiger partial charge on any atom is -0.386 e. The van der Waals surface area contributed by atoms with E-state index in [2.05, 4.69) is 0 Å². The van der Waals surface area contributed by atoms with Crippen LogP contribution in [-0.4, -0.2) is 28.7 Å². The van der Waals surface area contributed by atoms with E-state index >= 15 is 0 Å². The highest BCUT2D eigenvalue weighted by molar-refractivity contribution is 5.76. The van der Waals surface area contributed by atoms with Crippen LogP contribution in [0.4, 0.5) is 0 Å². The number of aryl methyl sites for hydroxylation is 1. The predicted molar refractivity (Wildman–Crippen MR) is 65.0 cm³/mol. The Kier molecular flexibility index (Phi) is 5.12. The van der Waals surface area contributed by atoms with E-state index < -0.39 is 12.5 Å². The third kappa shape index (κ3) is 4.17. The number of benzene rings is 1. The standard InChI is InChI=1S/C13H19NO3/c1-10(2)14(13(16)8-15)17-9-12-6-4-5-11(3)7-12/h4-7,10,15H,8-9H2,1-3H3. The third-order valence-corrected chi connectivity index (χ3v) is 2.30. The van der Waals surface area contributed by atoms with Crippen molar-refractivity contribution in [1.29, 1.82) is 0 Å². The maximum absolute atomic E-state index is 11.4. The highest BCUT2D eigenvalue weighted by atomic mass is 16.7. The van der Waals surface area contributed by atoms with Gasteiger partial charge < -0.3 is 5.11 Å². The Hall–Kier alpha value is -1.39. The summed E-state index contributed by atoms with van der Waals surface area (Å²) < 4.78 is 0. The first-order valence-corrected chi connectivity index (χ1v) is 5.66. The highest BCUT2D eigenvalue weighted by Crippen LogP contribution is 2.08. The molecule has 0 unspecified atom stereocenters. The minimum atomic E-state index is -0.536. The van der Waals surface area contributed by atoms with Gasteiger partial charge in [0.05, 0.1) is 6.04 Å². The van der Waals surface area contributed by atoms with Crippen molar-refractivity contribution in [2.45, 2.75) is 33.4 Å². The number of carbonyl (C=O) groups excluding carboxylic acids is 1. The van der Waals surface area contributed by atoms with E-state index in [0.717, 1.165) is 11.1 Å². The molecule has 1 aromatic carbocycles. The Bertz CT molecular complexity index is 377. The van der Waals surface area contributed by atoms with Crippen LogP contribution in [0.25, 0.3) is 0 Å². The zero-order valence-electron chi connectivity index (χ0n) is 10.5. The van der Waals surface area contributed by atoms with Crippen LogP contribution in [0.1, 0.15) is 25.0 Å². The van der Waals surface area contributed by atoms with Crippen molar-refractivity contribution in [3.8, 4) is 0 Å². The highest BCUT2D eigenvalue weighted by Gasteiger charge is 2.16. The summed E-state index contributed by atoms with van der Waals surface area (Å²) in [5.41, 5.74) is 2.15. The van der Waals surface area contributed by atoms with E-state index in [-0.39, 0.29) is 6.04 Å². The first-order chi connectivity index (χ1) is 8.04. The molecular weight excluding hydrogens is 218 g/mol. The summed E-state index contributed by atoms with van der Waals surface area (Å²) in [6.07, 6.45) is 0. The molecule has 4 nitrogen and oxygen atoms in total. The summed E-state index contributed by atoms with van der Waals surface area (Å²) in [5.74, 6) is -0.423. The fourth-order valence-corrected chi connectivity index (χ4v) is 1.52. The van der Waals surface area contributed by atoms with Crippen molar-refractivity contribution in [3.63, 3.8) is 0 Å². The molecule has 0 fully saturated rings. The summed E-state index contributed by atoms with van der Waals surface area (Å²) in [6, 6.07) is 7.79. The van der Waals surface area contributed by atoms with Crippen LogP contribution in [-0.2, 0) is 16.2 Å². The molecule has 0 heterocycles. The van der Waals surface area contributed by atoms with Gasteiger partial charge in [0.2, 0.25) is 0 Å². The summed E-state index contributed by atoms with van der Waals surface area (Å²) in [6.45, 7) is 5.47. The molecule has 0 aliphatic rings. The van der Waals surface area contributed by atoms with Gasteiger partial charge in [-0.05, 0) is 26.3 Å². The topological polar surface area (TPSA) is 49.8 Å². The zero-order valence-corrected chi connectivity index (χ0v) is 10.5. The van der Waals surface area contributed by atoms with Crippen LogP contribution >= 0.6 is 0 Å². The average molecular weight is 237 g/mol. The van der Waals surface area contributed by atoms with Gasteiger partial charge in [-0.2, -0.15) is 0 Å². The summed E-state index contributed by atoms with van der Waals surface area (Å²) in [7, 11) is 0. The van der Waals surface area contributed by atoms with Crippen molar-refractivity contribution in [1.82, 2.24) is 5.06 Å². The maximum Gasteiger partial charge on any atom is 0.272 e. The molecule has 1 N–H and O–H groups in total. The van der Waals surface area contributed by atoms with E-state index in [1.54, 1.807) is 0 Å². The average Bonchev–Trinajstić information content (AvgIpc) is 2.28. The van der Waals surface area contributed by atoms with E-state index in [0.29, 0.717) is 6.61 Å². The minimum absolute atomic E-state index is 0.0977. The van der Waals surface area contributed by atoms with E-state index in [1.165, 1.54) is 5.06 Å². The Morgan fingerprint density at radius 3 is 2.71 bits per heavy atom. The number of aliphatic hydroxyl groups excluding tert-OH is 1. The van der Waals surface area contributed by atoms with E-state index in [4.69, 9.17) is 9.94 Å². The van der Waals surface area contributed by atoms with Crippen LogP contribution in [0.3, 0.4) is 0 Å². The number of aliphatic hydroxyl groups is 1. The molecule has 94 valence electrons. The van der Waals surface area contributed by atoms with Gasteiger partial charge in [0, 0.05) is 0 Å². The summed E-state index contributed by atoms with van der Waals surface area (Å²) in [5, 5.41) is 10.0. The van der Waals surface area contributed by atoms with Gasteiger partial charge in [-0.1, -0.05) is 29.8 Å². The molecule has 0 aliphatic heterocycles. The second kappa shape index (κ2) is 6.37. The maximum atomic E-state index is 11.4. The van der Waals surface area contributed by atoms with Gasteiger partial charge in [0.25, 0.3) is 5.91 Å². The van der Waals surface area contributed by atoms with Crippen LogP contribution in [0.2, 0.25) is 0 Å². The molecule has 0 spiro atoms. The smallest absolute Gasteiger partial charge is 0.272 e. The van der Waals surface area contributed by atoms with Crippen molar-refractivity contribution < 1.29 is 14.7 Å². The molecule has 17 heavy (non-hydrogen) atoms. The molecule has 0 atom stereocenters. The second-order valence-corrected chi connectivity index (χ2v) is 4.23. The normalized spacial score (nSPS) is 10.6. The van der Waals surface area contributed by atoms with Gasteiger partial charge in [0.1, 0.15) is 13.2 Å². The SMILES string of the molecule is Cc1cccc(CON(C(=O)CO)C(C)C)c1. The second-order valence-electron chi connectivity index (χ2n) is 4.23. The van der Waals surface area contributed by atoms with Gasteiger partial charge in [-0.15, -0.1) is 0 Å². The number of nitrogens with zero attached hydrogens (tertiary/aromatic N) is 1. The van der Waals surface area contributed by atoms with Crippen LogP contribution < -0.4 is 0 Å². The number of hydrogen-bond acceptors (Lipinski definition) is 3. The number of carbonyl (C=O) groups is 1. The molecule has 0 aromatic heterocycles. The van der Waals surface area contributed by atoms with Crippen LogP contribution in [0.5, 0.6) is 0 Å². The van der Waals surface area contributed by atoms with Crippen molar-refractivity contribution in [2.24, 2.45) is 0 Å². The number of amides is 1. The number of hydrogen-bond donors (Lipinski definition) is 1. The molecule has 4 heteroatoms. The van der Waals surface area contributed by atoms with E-state index in [1.807, 2.05) is 45.0 Å². The van der Waals surface area contributed by atoms with Crippen molar-refractivity contribution >= 4 is 5.91 Å². The fourth-order valence-electron chi connectivity index (χ4n) is 1.52. The fraction of sp³-hybridized carbons (Fsp3) is 0.462. The van der Waals surface area contributed by atoms with Gasteiger partial charge in [-0.3, -0.25) is 9.63 Å². The predicted octanol–water partition coefficient (Wildman–Crippen LogP) is 1.66. The first kappa shape index (κ1) is 13.7. The monoisotopic (exact) mass is 237 g/mol. The summed E-state index contributed by atoms with van der Waals surface area (Å²) >= 11 is 0. The Labute approximate surface area is 102 Å². The Morgan fingerprint density at radius 2 is 2.18 bits per heavy atom. The largest absolute Gasteiger partial charge is 0.386 e. The molecule has 0 radical (unpaired) electrons. The molecular formula is C13H19NO3. The van der Waals surface area contributed by atoms with Crippen molar-refractivity contribution in [3.05, 3.63) is 35.4 Å². The number of rotatable bonds is 5. The lowest BCUT2D eigenvalue weighted by molar-refractivity contribution is -0.204. The molecule has 1 rings (SSSR count). The lowest BCUT2D eigenvalue weighted by atomic mass is 10.1. The first-order valence-electron chi connectivity index (χ1n) is 5.66. The summed E-state index contributed by atoms with van der Waals surface area (Å²) in [4.78, 5) is 16.8. The third-order valence-electron chi connectivity index (χ3n) is 2.30. The Morgan fingerprint density at radius 1 is 1.47 bits per heavy atom. The molecule has 1 aromatic rings. The van der Waals surface area contributed by atoms with Crippen LogP contribution in [0.15, 0.2) is 24.3 Å². The molecule has 0 saturated carbocycles. The van der Waals surface area contributed by atoms with Crippen LogP contribution in [0, 0.1) is 6.92 Å². The number of hydroxylamine groups is 2. The lowest BCUT2D eigenvalue weighted by Gasteiger charge is -2.24. The van der Waals surface area contributed by atoms with Gasteiger partial charge in [-0.25, -0.2) is 5.06 Å². The molecule has 1 amide bonds. The van der Waals surface area contributed by atoms with Gasteiger partial charge in [0.15, 0.2) is 0 Å². The lowest BCUT2D eigenvalue weighted by Crippen LogP contribution is -2.38. The molecule has 0 saturated heterocycles. The van der Waals surface area contributed by atoms with Gasteiger partial charge >= 0.3 is 0 Å².